The molecule has 0 saturated carbocycles. The highest BCUT2D eigenvalue weighted by molar-refractivity contribution is 5.74. The van der Waals surface area contributed by atoms with Crippen LogP contribution in [0.15, 0.2) is 54.9 Å². The summed E-state index contributed by atoms with van der Waals surface area (Å²) in [6, 6.07) is 14.0. The van der Waals surface area contributed by atoms with Crippen LogP contribution in [0.2, 0.25) is 0 Å². The second-order valence-electron chi connectivity index (χ2n) is 5.98. The van der Waals surface area contributed by atoms with Gasteiger partial charge in [0.2, 0.25) is 0 Å². The number of aryl methyl sites for hydroxylation is 1. The summed E-state index contributed by atoms with van der Waals surface area (Å²) in [7, 11) is 0. The molecule has 0 bridgehead atoms. The van der Waals surface area contributed by atoms with Crippen LogP contribution in [-0.2, 0) is 6.42 Å². The van der Waals surface area contributed by atoms with Crippen molar-refractivity contribution < 1.29 is 9.53 Å². The molecule has 24 heavy (non-hydrogen) atoms. The maximum absolute atomic E-state index is 12.2. The molecule has 2 aromatic rings. The number of likely N-dealkylation sites (tertiary alicyclic amines) is 1. The fourth-order valence-electron chi connectivity index (χ4n) is 2.86. The molecule has 1 aromatic heterocycles. The van der Waals surface area contributed by atoms with Crippen LogP contribution in [0.5, 0.6) is 5.75 Å². The molecule has 0 spiro atoms. The number of pyridine rings is 1. The van der Waals surface area contributed by atoms with Crippen molar-refractivity contribution >= 4 is 6.03 Å². The van der Waals surface area contributed by atoms with Gasteiger partial charge in [-0.05, 0) is 30.5 Å². The first-order chi connectivity index (χ1) is 11.8. The van der Waals surface area contributed by atoms with E-state index in [1.165, 1.54) is 5.56 Å². The zero-order valence-corrected chi connectivity index (χ0v) is 13.7. The molecule has 1 fully saturated rings. The first-order valence-corrected chi connectivity index (χ1v) is 8.44. The van der Waals surface area contributed by atoms with Crippen molar-refractivity contribution in [3.8, 4) is 5.75 Å². The fourth-order valence-corrected chi connectivity index (χ4v) is 2.86. The van der Waals surface area contributed by atoms with E-state index in [9.17, 15) is 4.79 Å². The van der Waals surface area contributed by atoms with Crippen molar-refractivity contribution in [2.24, 2.45) is 0 Å². The van der Waals surface area contributed by atoms with E-state index in [4.69, 9.17) is 4.74 Å². The Hall–Kier alpha value is -2.56. The molecule has 1 aromatic carbocycles. The number of aromatic nitrogens is 1. The zero-order valence-electron chi connectivity index (χ0n) is 13.7. The fraction of sp³-hybridized carbons (Fsp3) is 0.368. The predicted octanol–water partition coefficient (Wildman–Crippen LogP) is 2.88. The summed E-state index contributed by atoms with van der Waals surface area (Å²) in [5.41, 5.74) is 1.30. The summed E-state index contributed by atoms with van der Waals surface area (Å²) in [6.45, 7) is 2.06. The molecular weight excluding hydrogens is 302 g/mol. The molecule has 1 atom stereocenters. The van der Waals surface area contributed by atoms with Gasteiger partial charge in [0.25, 0.3) is 0 Å². The highest BCUT2D eigenvalue weighted by atomic mass is 16.5. The van der Waals surface area contributed by atoms with Crippen LogP contribution >= 0.6 is 0 Å². The third-order valence-corrected chi connectivity index (χ3v) is 4.15. The maximum atomic E-state index is 12.2. The Morgan fingerprint density at radius 2 is 2.00 bits per heavy atom. The summed E-state index contributed by atoms with van der Waals surface area (Å²) in [6.07, 6.45) is 6.26. The number of urea groups is 1. The first kappa shape index (κ1) is 16.3. The van der Waals surface area contributed by atoms with E-state index in [2.05, 4.69) is 22.4 Å². The molecule has 1 aliphatic rings. The molecule has 2 amide bonds. The molecule has 3 rings (SSSR count). The number of rotatable bonds is 6. The largest absolute Gasteiger partial charge is 0.488 e. The van der Waals surface area contributed by atoms with E-state index in [1.54, 1.807) is 12.4 Å². The molecule has 1 N–H and O–H groups in total. The number of nitrogens with one attached hydrogen (secondary N) is 1. The van der Waals surface area contributed by atoms with Crippen molar-refractivity contribution in [1.82, 2.24) is 15.2 Å². The normalized spacial score (nSPS) is 16.8. The van der Waals surface area contributed by atoms with Gasteiger partial charge in [0.05, 0.1) is 6.54 Å². The number of benzene rings is 1. The first-order valence-electron chi connectivity index (χ1n) is 8.44. The van der Waals surface area contributed by atoms with Gasteiger partial charge in [-0.15, -0.1) is 0 Å². The molecule has 0 aliphatic carbocycles. The van der Waals surface area contributed by atoms with Crippen molar-refractivity contribution in [2.75, 3.05) is 19.6 Å². The highest BCUT2D eigenvalue weighted by Gasteiger charge is 2.27. The standard InChI is InChI=1S/C19H23N3O2/c23-19(21-11-4-7-16-5-2-1-3-6-16)22-14-10-18(15-22)24-17-8-12-20-13-9-17/h1-3,5-6,8-9,12-13,18H,4,7,10-11,14-15H2,(H,21,23). The van der Waals surface area contributed by atoms with Crippen LogP contribution in [0.25, 0.3) is 0 Å². The number of amides is 2. The number of hydrogen-bond acceptors (Lipinski definition) is 3. The summed E-state index contributed by atoms with van der Waals surface area (Å²) in [4.78, 5) is 18.0. The van der Waals surface area contributed by atoms with Gasteiger partial charge in [0.15, 0.2) is 0 Å². The van der Waals surface area contributed by atoms with Gasteiger partial charge in [-0.25, -0.2) is 4.79 Å². The van der Waals surface area contributed by atoms with E-state index in [0.29, 0.717) is 13.1 Å². The van der Waals surface area contributed by atoms with E-state index in [-0.39, 0.29) is 12.1 Å². The van der Waals surface area contributed by atoms with Gasteiger partial charge in [-0.3, -0.25) is 4.98 Å². The molecular formula is C19H23N3O2. The maximum Gasteiger partial charge on any atom is 0.317 e. The SMILES string of the molecule is O=C(NCCCc1ccccc1)N1CCC(Oc2ccncc2)C1. The Labute approximate surface area is 142 Å². The Kier molecular flexibility index (Phi) is 5.66. The van der Waals surface area contributed by atoms with Crippen LogP contribution in [0.4, 0.5) is 4.79 Å². The lowest BCUT2D eigenvalue weighted by Crippen LogP contribution is -2.39. The van der Waals surface area contributed by atoms with Crippen molar-refractivity contribution in [3.63, 3.8) is 0 Å². The average molecular weight is 325 g/mol. The van der Waals surface area contributed by atoms with Crippen molar-refractivity contribution in [1.29, 1.82) is 0 Å². The molecule has 1 aliphatic heterocycles. The molecule has 1 saturated heterocycles. The van der Waals surface area contributed by atoms with E-state index in [0.717, 1.165) is 31.6 Å². The Morgan fingerprint density at radius 3 is 2.79 bits per heavy atom. The summed E-state index contributed by atoms with van der Waals surface area (Å²) in [5, 5.41) is 3.00. The molecule has 1 unspecified atom stereocenters. The van der Waals surface area contributed by atoms with Crippen LogP contribution in [0.1, 0.15) is 18.4 Å². The van der Waals surface area contributed by atoms with Gasteiger partial charge in [-0.2, -0.15) is 0 Å². The van der Waals surface area contributed by atoms with Crippen LogP contribution in [-0.4, -0.2) is 41.7 Å². The lowest BCUT2D eigenvalue weighted by atomic mass is 10.1. The van der Waals surface area contributed by atoms with Crippen molar-refractivity contribution in [2.45, 2.75) is 25.4 Å². The van der Waals surface area contributed by atoms with Gasteiger partial charge in [0, 0.05) is 31.9 Å². The Morgan fingerprint density at radius 1 is 1.21 bits per heavy atom. The highest BCUT2D eigenvalue weighted by Crippen LogP contribution is 2.17. The Bertz CT molecular complexity index is 634. The van der Waals surface area contributed by atoms with Crippen LogP contribution in [0, 0.1) is 0 Å². The molecule has 5 heteroatoms. The third kappa shape index (κ3) is 4.72. The summed E-state index contributed by atoms with van der Waals surface area (Å²) < 4.78 is 5.88. The van der Waals surface area contributed by atoms with Crippen LogP contribution in [0.3, 0.4) is 0 Å². The zero-order chi connectivity index (χ0) is 16.6. The quantitative estimate of drug-likeness (QED) is 0.831. The minimum atomic E-state index is 0.00360. The third-order valence-electron chi connectivity index (χ3n) is 4.15. The van der Waals surface area contributed by atoms with Crippen LogP contribution < -0.4 is 10.1 Å². The topological polar surface area (TPSA) is 54.5 Å². The van der Waals surface area contributed by atoms with E-state index in [1.807, 2.05) is 35.2 Å². The molecule has 126 valence electrons. The lowest BCUT2D eigenvalue weighted by Gasteiger charge is -2.18. The summed E-state index contributed by atoms with van der Waals surface area (Å²) in [5.74, 6) is 0.806. The number of ether oxygens (including phenoxy) is 1. The second-order valence-corrected chi connectivity index (χ2v) is 5.98. The van der Waals surface area contributed by atoms with Gasteiger partial charge in [-0.1, -0.05) is 30.3 Å². The minimum absolute atomic E-state index is 0.00360. The smallest absolute Gasteiger partial charge is 0.317 e. The number of nitrogens with zero attached hydrogens (tertiary/aromatic N) is 2. The van der Waals surface area contributed by atoms with E-state index < -0.39 is 0 Å². The number of carbonyl (C=O) groups is 1. The van der Waals surface area contributed by atoms with Gasteiger partial charge in [0.1, 0.15) is 11.9 Å². The van der Waals surface area contributed by atoms with Crippen molar-refractivity contribution in [3.05, 3.63) is 60.4 Å². The number of carbonyl (C=O) groups excluding carboxylic acids is 1. The second kappa shape index (κ2) is 8.34. The number of hydrogen-bond donors (Lipinski definition) is 1. The van der Waals surface area contributed by atoms with Gasteiger partial charge >= 0.3 is 6.03 Å². The predicted molar refractivity (Wildman–Crippen MR) is 93.0 cm³/mol. The molecule has 2 heterocycles. The average Bonchev–Trinajstić information content (AvgIpc) is 3.09. The monoisotopic (exact) mass is 325 g/mol. The summed E-state index contributed by atoms with van der Waals surface area (Å²) >= 11 is 0. The Balaban J connectivity index is 1.35. The lowest BCUT2D eigenvalue weighted by molar-refractivity contribution is 0.187. The van der Waals surface area contributed by atoms with E-state index >= 15 is 0 Å². The molecule has 5 nitrogen and oxygen atoms in total. The molecule has 0 radical (unpaired) electrons. The minimum Gasteiger partial charge on any atom is -0.488 e. The van der Waals surface area contributed by atoms with Gasteiger partial charge < -0.3 is 15.0 Å².